The number of carbonyl (C=O) groups excluding carboxylic acids is 1. The van der Waals surface area contributed by atoms with Crippen LogP contribution in [0.3, 0.4) is 0 Å². The van der Waals surface area contributed by atoms with E-state index in [1.807, 2.05) is 18.2 Å². The second-order valence-corrected chi connectivity index (χ2v) is 6.66. The van der Waals surface area contributed by atoms with E-state index >= 15 is 0 Å². The van der Waals surface area contributed by atoms with Crippen LogP contribution in [0.1, 0.15) is 15.9 Å². The molecule has 27 heavy (non-hydrogen) atoms. The minimum Gasteiger partial charge on any atom is -0.493 e. The molecule has 3 aromatic rings. The van der Waals surface area contributed by atoms with Gasteiger partial charge >= 0.3 is 0 Å². The van der Waals surface area contributed by atoms with Crippen LogP contribution in [-0.2, 0) is 0 Å². The monoisotopic (exact) mass is 380 g/mol. The summed E-state index contributed by atoms with van der Waals surface area (Å²) in [5, 5.41) is 2.05. The van der Waals surface area contributed by atoms with Gasteiger partial charge in [-0.05, 0) is 40.8 Å². The lowest BCUT2D eigenvalue weighted by atomic mass is 10.1. The highest BCUT2D eigenvalue weighted by atomic mass is 32.1. The van der Waals surface area contributed by atoms with E-state index < -0.39 is 0 Å². The smallest absolute Gasteiger partial charge is 0.203 e. The van der Waals surface area contributed by atoms with Gasteiger partial charge in [-0.2, -0.15) is 0 Å². The molecule has 0 unspecified atom stereocenters. The largest absolute Gasteiger partial charge is 0.493 e. The highest BCUT2D eigenvalue weighted by Gasteiger charge is 2.15. The summed E-state index contributed by atoms with van der Waals surface area (Å²) in [6.45, 7) is 0. The first kappa shape index (κ1) is 18.7. The molecule has 0 N–H and O–H groups in total. The Kier molecular flexibility index (Phi) is 5.94. The molecule has 0 spiro atoms. The van der Waals surface area contributed by atoms with Crippen LogP contribution in [0.2, 0.25) is 0 Å². The summed E-state index contributed by atoms with van der Waals surface area (Å²) < 4.78 is 15.9. The van der Waals surface area contributed by atoms with E-state index in [2.05, 4.69) is 23.6 Å². The van der Waals surface area contributed by atoms with Crippen molar-refractivity contribution in [2.24, 2.45) is 0 Å². The molecule has 4 nitrogen and oxygen atoms in total. The number of methoxy groups -OCH3 is 3. The minimum atomic E-state index is -0.142. The molecule has 2 aromatic carbocycles. The van der Waals surface area contributed by atoms with Crippen LogP contribution in [0.4, 0.5) is 0 Å². The van der Waals surface area contributed by atoms with Crippen molar-refractivity contribution in [3.63, 3.8) is 0 Å². The molecule has 0 saturated carbocycles. The highest BCUT2D eigenvalue weighted by Crippen LogP contribution is 2.38. The fraction of sp³-hybridized carbons (Fsp3) is 0.136. The molecule has 0 atom stereocenters. The van der Waals surface area contributed by atoms with Crippen molar-refractivity contribution in [2.45, 2.75) is 0 Å². The summed E-state index contributed by atoms with van der Waals surface area (Å²) in [5.74, 6) is 1.23. The number of rotatable bonds is 7. The summed E-state index contributed by atoms with van der Waals surface area (Å²) >= 11 is 1.70. The second-order valence-electron chi connectivity index (χ2n) is 5.71. The molecule has 0 aliphatic carbocycles. The van der Waals surface area contributed by atoms with Crippen molar-refractivity contribution < 1.29 is 19.0 Å². The lowest BCUT2D eigenvalue weighted by Crippen LogP contribution is -2.00. The Morgan fingerprint density at radius 3 is 2.11 bits per heavy atom. The molecule has 0 saturated heterocycles. The summed E-state index contributed by atoms with van der Waals surface area (Å²) in [4.78, 5) is 13.8. The van der Waals surface area contributed by atoms with Crippen molar-refractivity contribution in [3.05, 3.63) is 71.1 Å². The number of hydrogen-bond donors (Lipinski definition) is 0. The summed E-state index contributed by atoms with van der Waals surface area (Å²) in [5.41, 5.74) is 2.59. The number of allylic oxidation sites excluding steroid dienone is 1. The average Bonchev–Trinajstić information content (AvgIpc) is 3.26. The maximum atomic E-state index is 12.6. The number of benzene rings is 2. The third-order valence-electron chi connectivity index (χ3n) is 4.09. The van der Waals surface area contributed by atoms with Gasteiger partial charge in [0.2, 0.25) is 5.75 Å². The van der Waals surface area contributed by atoms with Crippen LogP contribution in [0, 0.1) is 0 Å². The predicted octanol–water partition coefficient (Wildman–Crippen LogP) is 5.34. The van der Waals surface area contributed by atoms with Gasteiger partial charge in [-0.25, -0.2) is 0 Å². The van der Waals surface area contributed by atoms with E-state index in [4.69, 9.17) is 14.2 Å². The second kappa shape index (κ2) is 8.56. The highest BCUT2D eigenvalue weighted by molar-refractivity contribution is 7.13. The van der Waals surface area contributed by atoms with E-state index in [1.165, 1.54) is 26.2 Å². The van der Waals surface area contributed by atoms with Crippen LogP contribution in [0.15, 0.2) is 60.0 Å². The zero-order chi connectivity index (χ0) is 19.2. The quantitative estimate of drug-likeness (QED) is 0.410. The molecule has 3 rings (SSSR count). The van der Waals surface area contributed by atoms with E-state index in [9.17, 15) is 4.79 Å². The zero-order valence-electron chi connectivity index (χ0n) is 15.4. The third kappa shape index (κ3) is 4.20. The van der Waals surface area contributed by atoms with Gasteiger partial charge < -0.3 is 14.2 Å². The van der Waals surface area contributed by atoms with Gasteiger partial charge in [-0.1, -0.05) is 36.4 Å². The lowest BCUT2D eigenvalue weighted by Gasteiger charge is -2.13. The predicted molar refractivity (Wildman–Crippen MR) is 109 cm³/mol. The van der Waals surface area contributed by atoms with Crippen LogP contribution < -0.4 is 14.2 Å². The number of hydrogen-bond acceptors (Lipinski definition) is 5. The Balaban J connectivity index is 1.80. The fourth-order valence-corrected chi connectivity index (χ4v) is 3.43. The van der Waals surface area contributed by atoms with Crippen LogP contribution in [0.25, 0.3) is 16.5 Å². The molecule has 0 fully saturated rings. The normalized spacial score (nSPS) is 10.8. The van der Waals surface area contributed by atoms with Gasteiger partial charge in [0.05, 0.1) is 21.3 Å². The van der Waals surface area contributed by atoms with Crippen LogP contribution in [-0.4, -0.2) is 27.1 Å². The Bertz CT molecular complexity index is 916. The molecule has 0 aliphatic rings. The van der Waals surface area contributed by atoms with Gasteiger partial charge in [0.25, 0.3) is 0 Å². The standard InChI is InChI=1S/C22H20O4S/c1-24-19-13-17(14-20(25-2)22(19)26-3)18(23)11-8-15-6-9-16(10-7-15)21-5-4-12-27-21/h4-14H,1-3H3. The first-order chi connectivity index (χ1) is 13.2. The Morgan fingerprint density at radius 2 is 1.59 bits per heavy atom. The lowest BCUT2D eigenvalue weighted by molar-refractivity contribution is 0.104. The first-order valence-electron chi connectivity index (χ1n) is 8.32. The summed E-state index contributed by atoms with van der Waals surface area (Å²) in [6, 6.07) is 15.5. The number of ketones is 1. The maximum absolute atomic E-state index is 12.6. The summed E-state index contributed by atoms with van der Waals surface area (Å²) in [6.07, 6.45) is 3.34. The van der Waals surface area contributed by atoms with Crippen molar-refractivity contribution in [1.82, 2.24) is 0 Å². The molecule has 0 bridgehead atoms. The number of thiophene rings is 1. The van der Waals surface area contributed by atoms with Gasteiger partial charge in [-0.15, -0.1) is 11.3 Å². The number of ether oxygens (including phenoxy) is 3. The van der Waals surface area contributed by atoms with Crippen molar-refractivity contribution in [2.75, 3.05) is 21.3 Å². The molecule has 0 radical (unpaired) electrons. The molecular formula is C22H20O4S. The summed E-state index contributed by atoms with van der Waals surface area (Å²) in [7, 11) is 4.58. The SMILES string of the molecule is COc1cc(C(=O)C=Cc2ccc(-c3cccs3)cc2)cc(OC)c1OC. The van der Waals surface area contributed by atoms with Crippen molar-refractivity contribution in [1.29, 1.82) is 0 Å². The molecule has 1 aromatic heterocycles. The Morgan fingerprint density at radius 1 is 0.926 bits per heavy atom. The molecule has 138 valence electrons. The molecular weight excluding hydrogens is 360 g/mol. The van der Waals surface area contributed by atoms with Crippen molar-refractivity contribution >= 4 is 23.2 Å². The minimum absolute atomic E-state index is 0.142. The van der Waals surface area contributed by atoms with Gasteiger partial charge in [0.15, 0.2) is 17.3 Å². The van der Waals surface area contributed by atoms with Crippen LogP contribution >= 0.6 is 11.3 Å². The molecule has 0 amide bonds. The first-order valence-corrected chi connectivity index (χ1v) is 9.20. The Labute approximate surface area is 162 Å². The zero-order valence-corrected chi connectivity index (χ0v) is 16.2. The van der Waals surface area contributed by atoms with Gasteiger partial charge in [0, 0.05) is 10.4 Å². The van der Waals surface area contributed by atoms with Crippen LogP contribution in [0.5, 0.6) is 17.2 Å². The molecule has 5 heteroatoms. The maximum Gasteiger partial charge on any atom is 0.203 e. The Hall–Kier alpha value is -3.05. The molecule has 0 aliphatic heterocycles. The van der Waals surface area contributed by atoms with Crippen molar-refractivity contribution in [3.8, 4) is 27.7 Å². The topological polar surface area (TPSA) is 44.8 Å². The number of carbonyl (C=O) groups is 1. The fourth-order valence-electron chi connectivity index (χ4n) is 2.69. The van der Waals surface area contributed by atoms with E-state index in [0.717, 1.165) is 11.1 Å². The van der Waals surface area contributed by atoms with E-state index in [0.29, 0.717) is 22.8 Å². The third-order valence-corrected chi connectivity index (χ3v) is 5.01. The van der Waals surface area contributed by atoms with E-state index in [1.54, 1.807) is 35.6 Å². The van der Waals surface area contributed by atoms with E-state index in [-0.39, 0.29) is 5.78 Å². The average molecular weight is 380 g/mol. The van der Waals surface area contributed by atoms with Gasteiger partial charge in [0.1, 0.15) is 0 Å². The molecule has 1 heterocycles. The van der Waals surface area contributed by atoms with Gasteiger partial charge in [-0.3, -0.25) is 4.79 Å².